The van der Waals surface area contributed by atoms with Crippen molar-refractivity contribution in [1.82, 2.24) is 15.9 Å². The molecule has 2 aromatic carbocycles. The summed E-state index contributed by atoms with van der Waals surface area (Å²) in [4.78, 5) is 25.3. The van der Waals surface area contributed by atoms with Crippen LogP contribution in [0.1, 0.15) is 18.5 Å². The van der Waals surface area contributed by atoms with Crippen molar-refractivity contribution in [1.29, 1.82) is 0 Å². The molecule has 0 saturated heterocycles. The summed E-state index contributed by atoms with van der Waals surface area (Å²) in [5, 5.41) is 17.3. The van der Waals surface area contributed by atoms with Crippen LogP contribution < -0.4 is 15.9 Å². The zero-order valence-corrected chi connectivity index (χ0v) is 16.9. The van der Waals surface area contributed by atoms with Crippen molar-refractivity contribution in [3.8, 4) is 0 Å². The van der Waals surface area contributed by atoms with Crippen LogP contribution in [0.15, 0.2) is 66.4 Å². The van der Waals surface area contributed by atoms with Gasteiger partial charge in [-0.2, -0.15) is 0 Å². The molecule has 1 unspecified atom stereocenters. The van der Waals surface area contributed by atoms with Crippen LogP contribution in [0.5, 0.6) is 0 Å². The van der Waals surface area contributed by atoms with Gasteiger partial charge in [-0.15, -0.1) is 0 Å². The van der Waals surface area contributed by atoms with E-state index in [9.17, 15) is 9.59 Å². The first-order chi connectivity index (χ1) is 15.0. The Kier molecular flexibility index (Phi) is 7.09. The minimum absolute atomic E-state index is 0.0831. The van der Waals surface area contributed by atoms with Crippen LogP contribution >= 0.6 is 0 Å². The maximum Gasteiger partial charge on any atom is 0.267 e. The highest BCUT2D eigenvalue weighted by molar-refractivity contribution is 5.96. The molecule has 2 aromatic rings. The van der Waals surface area contributed by atoms with E-state index in [1.165, 1.54) is 6.08 Å². The van der Waals surface area contributed by atoms with Gasteiger partial charge in [0.2, 0.25) is 5.91 Å². The molecular formula is C23H27N3O4. The van der Waals surface area contributed by atoms with Crippen LogP contribution in [0.2, 0.25) is 1.41 Å². The highest BCUT2D eigenvalue weighted by Gasteiger charge is 2.22. The Labute approximate surface area is 177 Å². The van der Waals surface area contributed by atoms with Gasteiger partial charge in [0.05, 0.1) is 25.9 Å². The molecule has 1 heterocycles. The fraction of sp³-hybridized carbons (Fsp3) is 0.304. The third-order valence-corrected chi connectivity index (χ3v) is 4.75. The molecule has 4 N–H and O–H groups in total. The second-order valence-electron chi connectivity index (χ2n) is 6.90. The molecule has 0 aliphatic carbocycles. The molecule has 0 bridgehead atoms. The molecule has 0 spiro atoms. The quantitative estimate of drug-likeness (QED) is 0.470. The lowest BCUT2D eigenvalue weighted by Gasteiger charge is -2.23. The number of dihydropyridines is 1. The van der Waals surface area contributed by atoms with E-state index < -0.39 is 17.9 Å². The van der Waals surface area contributed by atoms with Gasteiger partial charge in [0.25, 0.3) is 5.91 Å². The van der Waals surface area contributed by atoms with Crippen LogP contribution in [0.3, 0.4) is 0 Å². The van der Waals surface area contributed by atoms with Gasteiger partial charge in [-0.1, -0.05) is 54.6 Å². The summed E-state index contributed by atoms with van der Waals surface area (Å²) < 4.78 is 13.4. The van der Waals surface area contributed by atoms with E-state index in [4.69, 9.17) is 11.3 Å². The highest BCUT2D eigenvalue weighted by atomic mass is 16.5. The number of amides is 2. The molecule has 30 heavy (non-hydrogen) atoms. The topological polar surface area (TPSA) is 99.7 Å². The molecule has 1 aliphatic heterocycles. The number of hydrogen-bond acceptors (Lipinski definition) is 5. The number of allylic oxidation sites excluding steroid dienone is 2. The van der Waals surface area contributed by atoms with E-state index in [0.29, 0.717) is 0 Å². The van der Waals surface area contributed by atoms with Gasteiger partial charge in [0, 0.05) is 6.54 Å². The number of hydrogen-bond donors (Lipinski definition) is 4. The van der Waals surface area contributed by atoms with Crippen molar-refractivity contribution >= 4 is 22.6 Å². The summed E-state index contributed by atoms with van der Waals surface area (Å²) >= 11 is 0. The predicted octanol–water partition coefficient (Wildman–Crippen LogP) is 1.55. The van der Waals surface area contributed by atoms with E-state index in [2.05, 4.69) is 10.6 Å². The first-order valence-corrected chi connectivity index (χ1v) is 9.94. The Morgan fingerprint density at radius 1 is 1.23 bits per heavy atom. The lowest BCUT2D eigenvalue weighted by Crippen LogP contribution is -2.47. The average Bonchev–Trinajstić information content (AvgIpc) is 2.78. The van der Waals surface area contributed by atoms with E-state index >= 15 is 0 Å². The smallest absolute Gasteiger partial charge is 0.267 e. The molecular weight excluding hydrogens is 382 g/mol. The maximum atomic E-state index is 12.9. The summed E-state index contributed by atoms with van der Waals surface area (Å²) in [5.41, 5.74) is 1.07. The van der Waals surface area contributed by atoms with Crippen LogP contribution in [0, 0.1) is 0 Å². The second-order valence-corrected chi connectivity index (χ2v) is 6.90. The monoisotopic (exact) mass is 410 g/mol. The van der Waals surface area contributed by atoms with Crippen molar-refractivity contribution < 1.29 is 20.8 Å². The fourth-order valence-corrected chi connectivity index (χ4v) is 3.26. The first-order valence-electron chi connectivity index (χ1n) is 10.4. The molecule has 7 nitrogen and oxygen atoms in total. The third-order valence-electron chi connectivity index (χ3n) is 4.75. The molecule has 0 saturated carbocycles. The Bertz CT molecular complexity index is 986. The highest BCUT2D eigenvalue weighted by Crippen LogP contribution is 2.24. The number of nitrogens with one attached hydrogen (secondary N) is 3. The average molecular weight is 410 g/mol. The Balaban J connectivity index is 1.63. The van der Waals surface area contributed by atoms with Gasteiger partial charge in [-0.25, -0.2) is 0 Å². The Morgan fingerprint density at radius 3 is 2.87 bits per heavy atom. The minimum Gasteiger partial charge on any atom is -0.394 e. The number of rotatable bonds is 9. The van der Waals surface area contributed by atoms with Crippen LogP contribution in [-0.4, -0.2) is 49.3 Å². The number of benzene rings is 2. The van der Waals surface area contributed by atoms with Crippen molar-refractivity contribution in [2.24, 2.45) is 0 Å². The largest absolute Gasteiger partial charge is 0.394 e. The minimum atomic E-state index is -0.920. The van der Waals surface area contributed by atoms with Crippen LogP contribution in [0.25, 0.3) is 10.8 Å². The predicted molar refractivity (Wildman–Crippen MR) is 116 cm³/mol. The van der Waals surface area contributed by atoms with Gasteiger partial charge < -0.3 is 25.8 Å². The van der Waals surface area contributed by atoms with E-state index in [-0.39, 0.29) is 38.1 Å². The Morgan fingerprint density at radius 2 is 2.03 bits per heavy atom. The lowest BCUT2D eigenvalue weighted by atomic mass is 9.99. The summed E-state index contributed by atoms with van der Waals surface area (Å²) in [6, 6.07) is 12.7. The number of carbonyl (C=O) groups excluding carboxylic acids is 2. The fourth-order valence-electron chi connectivity index (χ4n) is 3.26. The first kappa shape index (κ1) is 20.1. The number of ether oxygens (including phenoxy) is 1. The summed E-state index contributed by atoms with van der Waals surface area (Å²) in [6.07, 6.45) is 4.68. The Hall–Kier alpha value is -3.16. The molecule has 3 rings (SSSR count). The van der Waals surface area contributed by atoms with E-state index in [1.807, 2.05) is 49.4 Å². The van der Waals surface area contributed by atoms with Crippen LogP contribution in [-0.2, 0) is 14.3 Å². The van der Waals surface area contributed by atoms with Crippen molar-refractivity contribution in [3.05, 3.63) is 72.0 Å². The molecule has 7 heteroatoms. The number of aliphatic hydroxyl groups excluding tert-OH is 1. The van der Waals surface area contributed by atoms with Gasteiger partial charge in [-0.05, 0) is 29.3 Å². The zero-order valence-electron chi connectivity index (χ0n) is 17.9. The lowest BCUT2D eigenvalue weighted by molar-refractivity contribution is -0.122. The van der Waals surface area contributed by atoms with Crippen molar-refractivity contribution in [3.63, 3.8) is 0 Å². The van der Waals surface area contributed by atoms with Gasteiger partial charge in [0.15, 0.2) is 1.41 Å². The molecule has 0 radical (unpaired) electrons. The van der Waals surface area contributed by atoms with Gasteiger partial charge in [-0.3, -0.25) is 9.59 Å². The number of carbonyl (C=O) groups is 2. The van der Waals surface area contributed by atoms with Crippen molar-refractivity contribution in [2.75, 3.05) is 26.4 Å². The summed E-state index contributed by atoms with van der Waals surface area (Å²) in [5.74, 6) is -0.830. The SMILES string of the molecule is [2H]N1C(C(=O)NC(C)c2cccc3ccccc23)=CC=C[C@@H]1C(=O)NCCOCCO. The van der Waals surface area contributed by atoms with Crippen molar-refractivity contribution in [2.45, 2.75) is 19.0 Å². The molecule has 0 fully saturated rings. The maximum absolute atomic E-state index is 12.9. The second kappa shape index (κ2) is 10.6. The van der Waals surface area contributed by atoms with Gasteiger partial charge in [0.1, 0.15) is 11.7 Å². The zero-order chi connectivity index (χ0) is 22.2. The molecule has 2 amide bonds. The normalized spacial score (nSPS) is 17.3. The van der Waals surface area contributed by atoms with E-state index in [0.717, 1.165) is 21.6 Å². The molecule has 158 valence electrons. The molecule has 2 atom stereocenters. The standard InChI is InChI=1S/C23H27N3O4/c1-16(18-9-4-7-17-6-2-3-8-19(17)18)25-23(29)21-11-5-10-20(26-21)22(28)24-12-14-30-15-13-27/h2-11,16,20,26-27H,12-15H2,1H3,(H,24,28)(H,25,29)/t16?,20-/m1/s1/i/hD. The number of fused-ring (bicyclic) bond motifs is 1. The summed E-state index contributed by atoms with van der Waals surface area (Å²) in [6.45, 7) is 2.52. The van der Waals surface area contributed by atoms with E-state index in [1.54, 1.807) is 12.2 Å². The molecule has 0 aromatic heterocycles. The summed E-state index contributed by atoms with van der Waals surface area (Å²) in [7, 11) is 0. The molecule has 1 aliphatic rings. The van der Waals surface area contributed by atoms with Gasteiger partial charge >= 0.3 is 0 Å². The number of aliphatic hydroxyl groups is 1. The van der Waals surface area contributed by atoms with Crippen LogP contribution in [0.4, 0.5) is 0 Å². The third kappa shape index (κ3) is 5.46.